The van der Waals surface area contributed by atoms with E-state index in [0.29, 0.717) is 13.2 Å². The van der Waals surface area contributed by atoms with Gasteiger partial charge in [-0.15, -0.1) is 11.3 Å². The van der Waals surface area contributed by atoms with Crippen molar-refractivity contribution < 1.29 is 9.47 Å². The van der Waals surface area contributed by atoms with Crippen LogP contribution < -0.4 is 15.2 Å². The first-order chi connectivity index (χ1) is 9.22. The highest BCUT2D eigenvalue weighted by Gasteiger charge is 2.13. The first-order valence-corrected chi connectivity index (χ1v) is 7.20. The molecule has 0 spiro atoms. The standard InChI is InChI=1S/C15H19NO2S/c1-3-17-12-5-7-13(8-6-12)18-14(10-16)15-9-4-11(2)19-15/h4-9,14H,3,10,16H2,1-2H3. The highest BCUT2D eigenvalue weighted by atomic mass is 32.1. The Hall–Kier alpha value is -1.52. The van der Waals surface area contributed by atoms with Gasteiger partial charge in [0, 0.05) is 16.3 Å². The molecule has 1 aromatic carbocycles. The molecule has 4 heteroatoms. The van der Waals surface area contributed by atoms with Crippen LogP contribution in [-0.2, 0) is 0 Å². The molecule has 0 fully saturated rings. The molecule has 3 nitrogen and oxygen atoms in total. The van der Waals surface area contributed by atoms with Gasteiger partial charge in [-0.05, 0) is 50.2 Å². The predicted molar refractivity (Wildman–Crippen MR) is 79.1 cm³/mol. The molecule has 1 aromatic heterocycles. The second kappa shape index (κ2) is 6.59. The van der Waals surface area contributed by atoms with E-state index in [1.54, 1.807) is 11.3 Å². The van der Waals surface area contributed by atoms with Crippen molar-refractivity contribution in [1.82, 2.24) is 0 Å². The molecule has 0 saturated heterocycles. The molecule has 0 aliphatic carbocycles. The third-order valence-corrected chi connectivity index (χ3v) is 3.80. The van der Waals surface area contributed by atoms with Crippen molar-refractivity contribution in [3.8, 4) is 11.5 Å². The van der Waals surface area contributed by atoms with Crippen LogP contribution in [0.15, 0.2) is 36.4 Å². The van der Waals surface area contributed by atoms with Gasteiger partial charge in [0.15, 0.2) is 0 Å². The molecule has 1 heterocycles. The Labute approximate surface area is 118 Å². The molecular formula is C15H19NO2S. The van der Waals surface area contributed by atoms with Crippen LogP contribution in [-0.4, -0.2) is 13.2 Å². The molecule has 1 atom stereocenters. The quantitative estimate of drug-likeness (QED) is 0.878. The summed E-state index contributed by atoms with van der Waals surface area (Å²) in [6, 6.07) is 11.8. The fraction of sp³-hybridized carbons (Fsp3) is 0.333. The number of thiophene rings is 1. The molecule has 1 unspecified atom stereocenters. The highest BCUT2D eigenvalue weighted by molar-refractivity contribution is 7.12. The zero-order valence-corrected chi connectivity index (χ0v) is 12.1. The van der Waals surface area contributed by atoms with Gasteiger partial charge in [-0.1, -0.05) is 0 Å². The van der Waals surface area contributed by atoms with E-state index in [-0.39, 0.29) is 6.10 Å². The van der Waals surface area contributed by atoms with Gasteiger partial charge in [0.05, 0.1) is 6.61 Å². The van der Waals surface area contributed by atoms with E-state index in [2.05, 4.69) is 19.1 Å². The lowest BCUT2D eigenvalue weighted by Crippen LogP contribution is -2.17. The number of nitrogens with two attached hydrogens (primary N) is 1. The Morgan fingerprint density at radius 2 is 1.79 bits per heavy atom. The first kappa shape index (κ1) is 13.9. The summed E-state index contributed by atoms with van der Waals surface area (Å²) in [6.07, 6.45) is -0.0864. The van der Waals surface area contributed by atoms with Crippen LogP contribution in [0.5, 0.6) is 11.5 Å². The molecule has 2 N–H and O–H groups in total. The molecule has 2 aromatic rings. The minimum atomic E-state index is -0.0864. The summed E-state index contributed by atoms with van der Waals surface area (Å²) in [5.41, 5.74) is 5.80. The second-order valence-corrected chi connectivity index (χ2v) is 5.51. The topological polar surface area (TPSA) is 44.5 Å². The maximum atomic E-state index is 5.93. The Balaban J connectivity index is 2.05. The lowest BCUT2D eigenvalue weighted by molar-refractivity contribution is 0.217. The van der Waals surface area contributed by atoms with Crippen LogP contribution in [0.4, 0.5) is 0 Å². The molecule has 102 valence electrons. The molecule has 0 amide bonds. The minimum absolute atomic E-state index is 0.0864. The van der Waals surface area contributed by atoms with E-state index in [0.717, 1.165) is 16.4 Å². The lowest BCUT2D eigenvalue weighted by Gasteiger charge is -2.16. The molecular weight excluding hydrogens is 258 g/mol. The normalized spacial score (nSPS) is 12.2. The number of rotatable bonds is 6. The number of aryl methyl sites for hydroxylation is 1. The van der Waals surface area contributed by atoms with E-state index >= 15 is 0 Å². The summed E-state index contributed by atoms with van der Waals surface area (Å²) in [5.74, 6) is 1.66. The monoisotopic (exact) mass is 277 g/mol. The van der Waals surface area contributed by atoms with Crippen LogP contribution in [0.1, 0.15) is 22.8 Å². The zero-order valence-electron chi connectivity index (χ0n) is 11.3. The maximum absolute atomic E-state index is 5.93. The average molecular weight is 277 g/mol. The van der Waals surface area contributed by atoms with Gasteiger partial charge in [0.25, 0.3) is 0 Å². The van der Waals surface area contributed by atoms with Crippen molar-refractivity contribution in [2.24, 2.45) is 5.73 Å². The predicted octanol–water partition coefficient (Wildman–Crippen LogP) is 3.53. The Morgan fingerprint density at radius 1 is 1.11 bits per heavy atom. The molecule has 19 heavy (non-hydrogen) atoms. The van der Waals surface area contributed by atoms with Crippen molar-refractivity contribution in [2.75, 3.05) is 13.2 Å². The lowest BCUT2D eigenvalue weighted by atomic mass is 10.2. The molecule has 0 radical (unpaired) electrons. The van der Waals surface area contributed by atoms with Crippen LogP contribution in [0, 0.1) is 6.92 Å². The van der Waals surface area contributed by atoms with Crippen molar-refractivity contribution in [3.05, 3.63) is 46.2 Å². The van der Waals surface area contributed by atoms with Gasteiger partial charge < -0.3 is 15.2 Å². The van der Waals surface area contributed by atoms with Crippen molar-refractivity contribution in [3.63, 3.8) is 0 Å². The average Bonchev–Trinajstić information content (AvgIpc) is 2.85. The summed E-state index contributed by atoms with van der Waals surface area (Å²) in [7, 11) is 0. The number of ether oxygens (including phenoxy) is 2. The van der Waals surface area contributed by atoms with E-state index < -0.39 is 0 Å². The van der Waals surface area contributed by atoms with Crippen LogP contribution in [0.2, 0.25) is 0 Å². The molecule has 0 aliphatic heterocycles. The summed E-state index contributed by atoms with van der Waals surface area (Å²) in [6.45, 7) is 5.18. The van der Waals surface area contributed by atoms with E-state index in [1.807, 2.05) is 31.2 Å². The van der Waals surface area contributed by atoms with Crippen molar-refractivity contribution in [2.45, 2.75) is 20.0 Å². The molecule has 0 saturated carbocycles. The number of benzene rings is 1. The van der Waals surface area contributed by atoms with Crippen LogP contribution in [0.25, 0.3) is 0 Å². The Morgan fingerprint density at radius 3 is 2.32 bits per heavy atom. The Kier molecular flexibility index (Phi) is 4.82. The molecule has 0 aliphatic rings. The summed E-state index contributed by atoms with van der Waals surface area (Å²) < 4.78 is 11.3. The van der Waals surface area contributed by atoms with Gasteiger partial charge in [-0.2, -0.15) is 0 Å². The third-order valence-electron chi connectivity index (χ3n) is 2.71. The number of hydrogen-bond donors (Lipinski definition) is 1. The van der Waals surface area contributed by atoms with Gasteiger partial charge in [0.2, 0.25) is 0 Å². The van der Waals surface area contributed by atoms with Crippen LogP contribution in [0.3, 0.4) is 0 Å². The van der Waals surface area contributed by atoms with Crippen LogP contribution >= 0.6 is 11.3 Å². The minimum Gasteiger partial charge on any atom is -0.494 e. The largest absolute Gasteiger partial charge is 0.494 e. The Bertz CT molecular complexity index is 507. The summed E-state index contributed by atoms with van der Waals surface area (Å²) in [4.78, 5) is 2.43. The van der Waals surface area contributed by atoms with E-state index in [9.17, 15) is 0 Å². The summed E-state index contributed by atoms with van der Waals surface area (Å²) in [5, 5.41) is 0. The van der Waals surface area contributed by atoms with Gasteiger partial charge in [-0.25, -0.2) is 0 Å². The highest BCUT2D eigenvalue weighted by Crippen LogP contribution is 2.27. The second-order valence-electron chi connectivity index (χ2n) is 4.20. The maximum Gasteiger partial charge on any atom is 0.145 e. The van der Waals surface area contributed by atoms with E-state index in [1.165, 1.54) is 4.88 Å². The van der Waals surface area contributed by atoms with Gasteiger partial charge in [0.1, 0.15) is 17.6 Å². The van der Waals surface area contributed by atoms with Gasteiger partial charge >= 0.3 is 0 Å². The van der Waals surface area contributed by atoms with Crippen molar-refractivity contribution in [1.29, 1.82) is 0 Å². The van der Waals surface area contributed by atoms with Crippen molar-refractivity contribution >= 4 is 11.3 Å². The zero-order chi connectivity index (χ0) is 13.7. The molecule has 0 bridgehead atoms. The smallest absolute Gasteiger partial charge is 0.145 e. The third kappa shape index (κ3) is 3.72. The van der Waals surface area contributed by atoms with Gasteiger partial charge in [-0.3, -0.25) is 0 Å². The first-order valence-electron chi connectivity index (χ1n) is 6.39. The molecule has 2 rings (SSSR count). The number of hydrogen-bond acceptors (Lipinski definition) is 4. The SMILES string of the molecule is CCOc1ccc(OC(CN)c2ccc(C)s2)cc1. The van der Waals surface area contributed by atoms with E-state index in [4.69, 9.17) is 15.2 Å². The fourth-order valence-corrected chi connectivity index (χ4v) is 2.71. The summed E-state index contributed by atoms with van der Waals surface area (Å²) >= 11 is 1.72. The fourth-order valence-electron chi connectivity index (χ4n) is 1.79.